The van der Waals surface area contributed by atoms with Crippen LogP contribution >= 0.6 is 0 Å². The molecule has 2 fully saturated rings. The fourth-order valence-electron chi connectivity index (χ4n) is 2.34. The normalized spacial score (nSPS) is 28.8. The largest absolute Gasteiger partial charge is 0.356 e. The third-order valence-corrected chi connectivity index (χ3v) is 3.20. The van der Waals surface area contributed by atoms with Crippen LogP contribution < -0.4 is 0 Å². The molecule has 4 heteroatoms. The SMILES string of the molecule is CN1CC(N2CCCC2=N)CCC1=O. The first-order valence-electron chi connectivity index (χ1n) is 5.26. The van der Waals surface area contributed by atoms with Crippen LogP contribution in [-0.2, 0) is 4.79 Å². The second-order valence-electron chi connectivity index (χ2n) is 4.21. The zero-order chi connectivity index (χ0) is 10.1. The van der Waals surface area contributed by atoms with E-state index in [9.17, 15) is 4.79 Å². The van der Waals surface area contributed by atoms with Gasteiger partial charge in [-0.1, -0.05) is 0 Å². The molecule has 0 radical (unpaired) electrons. The summed E-state index contributed by atoms with van der Waals surface area (Å²) in [5.41, 5.74) is 0. The van der Waals surface area contributed by atoms with Gasteiger partial charge in [-0.25, -0.2) is 0 Å². The predicted octanol–water partition coefficient (Wildman–Crippen LogP) is 0.680. The number of likely N-dealkylation sites (N-methyl/N-ethyl adjacent to an activating group) is 1. The number of amidine groups is 1. The van der Waals surface area contributed by atoms with Crippen LogP contribution in [0, 0.1) is 5.41 Å². The average molecular weight is 195 g/mol. The number of hydrogen-bond donors (Lipinski definition) is 1. The van der Waals surface area contributed by atoms with Gasteiger partial charge in [-0.05, 0) is 12.8 Å². The van der Waals surface area contributed by atoms with Crippen molar-refractivity contribution in [2.75, 3.05) is 20.1 Å². The first-order chi connectivity index (χ1) is 6.68. The van der Waals surface area contributed by atoms with Gasteiger partial charge in [0.2, 0.25) is 5.91 Å². The van der Waals surface area contributed by atoms with E-state index in [2.05, 4.69) is 4.90 Å². The van der Waals surface area contributed by atoms with Crippen LogP contribution in [0.2, 0.25) is 0 Å². The Labute approximate surface area is 84.4 Å². The van der Waals surface area contributed by atoms with Gasteiger partial charge in [-0.15, -0.1) is 0 Å². The van der Waals surface area contributed by atoms with Crippen molar-refractivity contribution in [1.29, 1.82) is 5.41 Å². The van der Waals surface area contributed by atoms with Crippen molar-refractivity contribution < 1.29 is 4.79 Å². The number of likely N-dealkylation sites (tertiary alicyclic amines) is 2. The molecule has 14 heavy (non-hydrogen) atoms. The molecule has 0 saturated carbocycles. The van der Waals surface area contributed by atoms with E-state index in [0.29, 0.717) is 12.5 Å². The third kappa shape index (κ3) is 1.61. The fraction of sp³-hybridized carbons (Fsp3) is 0.800. The fourth-order valence-corrected chi connectivity index (χ4v) is 2.34. The molecular formula is C10H17N3O. The second-order valence-corrected chi connectivity index (χ2v) is 4.21. The van der Waals surface area contributed by atoms with Crippen LogP contribution in [0.1, 0.15) is 25.7 Å². The monoisotopic (exact) mass is 195 g/mol. The quantitative estimate of drug-likeness (QED) is 0.669. The van der Waals surface area contributed by atoms with Gasteiger partial charge in [-0.2, -0.15) is 0 Å². The Bertz CT molecular complexity index is 264. The van der Waals surface area contributed by atoms with E-state index in [-0.39, 0.29) is 5.91 Å². The number of nitrogens with zero attached hydrogens (tertiary/aromatic N) is 2. The number of carbonyl (C=O) groups excluding carboxylic acids is 1. The van der Waals surface area contributed by atoms with Crippen molar-refractivity contribution in [3.63, 3.8) is 0 Å². The summed E-state index contributed by atoms with van der Waals surface area (Å²) in [6.07, 6.45) is 3.58. The van der Waals surface area contributed by atoms with Crippen molar-refractivity contribution in [2.24, 2.45) is 0 Å². The van der Waals surface area contributed by atoms with Crippen molar-refractivity contribution in [1.82, 2.24) is 9.80 Å². The molecule has 78 valence electrons. The van der Waals surface area contributed by atoms with E-state index in [1.165, 1.54) is 0 Å². The van der Waals surface area contributed by atoms with Crippen LogP contribution in [0.5, 0.6) is 0 Å². The summed E-state index contributed by atoms with van der Waals surface area (Å²) < 4.78 is 0. The maximum Gasteiger partial charge on any atom is 0.222 e. The summed E-state index contributed by atoms with van der Waals surface area (Å²) in [6, 6.07) is 0.396. The Morgan fingerprint density at radius 2 is 2.21 bits per heavy atom. The van der Waals surface area contributed by atoms with E-state index < -0.39 is 0 Å². The molecule has 0 bridgehead atoms. The Kier molecular flexibility index (Phi) is 2.44. The van der Waals surface area contributed by atoms with Crippen LogP contribution in [0.15, 0.2) is 0 Å². The standard InChI is InChI=1S/C10H17N3O/c1-12-7-8(4-5-10(12)14)13-6-2-3-9(13)11/h8,11H,2-7H2,1H3. The molecule has 2 aliphatic heterocycles. The molecule has 1 unspecified atom stereocenters. The maximum absolute atomic E-state index is 11.3. The summed E-state index contributed by atoms with van der Waals surface area (Å²) in [5, 5.41) is 7.78. The number of hydrogen-bond acceptors (Lipinski definition) is 2. The van der Waals surface area contributed by atoms with Gasteiger partial charge in [0, 0.05) is 39.0 Å². The number of nitrogens with one attached hydrogen (secondary N) is 1. The van der Waals surface area contributed by atoms with Crippen molar-refractivity contribution >= 4 is 11.7 Å². The summed E-state index contributed by atoms with van der Waals surface area (Å²) in [5.74, 6) is 1.00. The van der Waals surface area contributed by atoms with Gasteiger partial charge in [0.15, 0.2) is 0 Å². The molecular weight excluding hydrogens is 178 g/mol. The molecule has 2 saturated heterocycles. The van der Waals surface area contributed by atoms with Gasteiger partial charge < -0.3 is 9.80 Å². The molecule has 2 heterocycles. The van der Waals surface area contributed by atoms with E-state index in [4.69, 9.17) is 5.41 Å². The lowest BCUT2D eigenvalue weighted by Gasteiger charge is -2.36. The zero-order valence-electron chi connectivity index (χ0n) is 8.62. The Hall–Kier alpha value is -1.06. The van der Waals surface area contributed by atoms with Crippen LogP contribution in [0.25, 0.3) is 0 Å². The Balaban J connectivity index is 1.99. The molecule has 0 aliphatic carbocycles. The number of amides is 1. The minimum absolute atomic E-state index is 0.243. The average Bonchev–Trinajstić information content (AvgIpc) is 2.57. The van der Waals surface area contributed by atoms with Gasteiger partial charge >= 0.3 is 0 Å². The zero-order valence-corrected chi connectivity index (χ0v) is 8.62. The second kappa shape index (κ2) is 3.59. The van der Waals surface area contributed by atoms with Crippen LogP contribution in [-0.4, -0.2) is 47.7 Å². The van der Waals surface area contributed by atoms with E-state index in [0.717, 1.165) is 38.2 Å². The molecule has 2 aliphatic rings. The van der Waals surface area contributed by atoms with E-state index in [1.54, 1.807) is 4.90 Å². The molecule has 4 nitrogen and oxygen atoms in total. The minimum Gasteiger partial charge on any atom is -0.356 e. The first-order valence-corrected chi connectivity index (χ1v) is 5.26. The third-order valence-electron chi connectivity index (χ3n) is 3.20. The topological polar surface area (TPSA) is 47.4 Å². The van der Waals surface area contributed by atoms with Gasteiger partial charge in [0.1, 0.15) is 0 Å². The summed E-state index contributed by atoms with van der Waals surface area (Å²) in [7, 11) is 1.86. The lowest BCUT2D eigenvalue weighted by molar-refractivity contribution is -0.133. The van der Waals surface area contributed by atoms with Gasteiger partial charge in [-0.3, -0.25) is 10.2 Å². The lowest BCUT2D eigenvalue weighted by atomic mass is 10.0. The van der Waals surface area contributed by atoms with Crippen molar-refractivity contribution in [3.05, 3.63) is 0 Å². The first kappa shape index (κ1) is 9.49. The maximum atomic E-state index is 11.3. The van der Waals surface area contributed by atoms with Crippen molar-refractivity contribution in [2.45, 2.75) is 31.7 Å². The van der Waals surface area contributed by atoms with Crippen LogP contribution in [0.3, 0.4) is 0 Å². The highest BCUT2D eigenvalue weighted by Gasteiger charge is 2.30. The van der Waals surface area contributed by atoms with Crippen LogP contribution in [0.4, 0.5) is 0 Å². The van der Waals surface area contributed by atoms with E-state index >= 15 is 0 Å². The lowest BCUT2D eigenvalue weighted by Crippen LogP contribution is -2.48. The summed E-state index contributed by atoms with van der Waals surface area (Å²) in [6.45, 7) is 1.80. The molecule has 2 rings (SSSR count). The van der Waals surface area contributed by atoms with Gasteiger partial charge in [0.25, 0.3) is 0 Å². The van der Waals surface area contributed by atoms with Gasteiger partial charge in [0.05, 0.1) is 5.84 Å². The highest BCUT2D eigenvalue weighted by Crippen LogP contribution is 2.21. The highest BCUT2D eigenvalue weighted by molar-refractivity contribution is 5.82. The smallest absolute Gasteiger partial charge is 0.222 e. The molecule has 0 aromatic heterocycles. The Morgan fingerprint density at radius 3 is 2.79 bits per heavy atom. The number of carbonyl (C=O) groups is 1. The van der Waals surface area contributed by atoms with Crippen molar-refractivity contribution in [3.8, 4) is 0 Å². The Morgan fingerprint density at radius 1 is 1.43 bits per heavy atom. The predicted molar refractivity (Wildman–Crippen MR) is 54.3 cm³/mol. The molecule has 1 amide bonds. The molecule has 0 spiro atoms. The summed E-state index contributed by atoms with van der Waals surface area (Å²) in [4.78, 5) is 15.3. The van der Waals surface area contributed by atoms with E-state index in [1.807, 2.05) is 7.05 Å². The highest BCUT2D eigenvalue weighted by atomic mass is 16.2. The molecule has 1 atom stereocenters. The molecule has 0 aromatic rings. The molecule has 0 aromatic carbocycles. The molecule has 1 N–H and O–H groups in total. The minimum atomic E-state index is 0.243. The number of rotatable bonds is 1. The number of piperidine rings is 1. The summed E-state index contributed by atoms with van der Waals surface area (Å²) >= 11 is 0.